The number of rotatable bonds is 3. The molecule has 4 N–H and O–H groups in total. The predicted molar refractivity (Wildman–Crippen MR) is 51.9 cm³/mol. The molecule has 0 aliphatic carbocycles. The maximum Gasteiger partial charge on any atom is 0.191 e. The standard InChI is InChI=1S/C7H12N4S/c1-2-3-12-7-10-5(8)4-6(9)11-7/h4H,2-3H2,1H3,(H4,8,9,10,11). The average molecular weight is 184 g/mol. The zero-order chi connectivity index (χ0) is 8.97. The van der Waals surface area contributed by atoms with Crippen LogP contribution >= 0.6 is 11.8 Å². The average Bonchev–Trinajstić information content (AvgIpc) is 1.99. The highest BCUT2D eigenvalue weighted by Crippen LogP contribution is 2.16. The lowest BCUT2D eigenvalue weighted by atomic mass is 10.5. The Kier molecular flexibility index (Phi) is 3.16. The van der Waals surface area contributed by atoms with Gasteiger partial charge in [0.05, 0.1) is 0 Å². The van der Waals surface area contributed by atoms with Crippen LogP contribution in [0.5, 0.6) is 0 Å². The molecule has 0 amide bonds. The van der Waals surface area contributed by atoms with E-state index in [0.29, 0.717) is 16.8 Å². The maximum absolute atomic E-state index is 5.49. The Morgan fingerprint density at radius 1 is 1.33 bits per heavy atom. The van der Waals surface area contributed by atoms with Crippen LogP contribution in [-0.4, -0.2) is 15.7 Å². The van der Waals surface area contributed by atoms with Crippen molar-refractivity contribution >= 4 is 23.4 Å². The fourth-order valence-electron chi connectivity index (χ4n) is 0.720. The molecule has 1 rings (SSSR count). The van der Waals surface area contributed by atoms with E-state index in [9.17, 15) is 0 Å². The second-order valence-corrected chi connectivity index (χ2v) is 3.41. The molecular weight excluding hydrogens is 172 g/mol. The van der Waals surface area contributed by atoms with Crippen molar-refractivity contribution < 1.29 is 0 Å². The predicted octanol–water partition coefficient (Wildman–Crippen LogP) is 1.14. The number of hydrogen-bond donors (Lipinski definition) is 2. The van der Waals surface area contributed by atoms with Gasteiger partial charge in [-0.25, -0.2) is 9.97 Å². The first-order valence-electron chi connectivity index (χ1n) is 3.75. The van der Waals surface area contributed by atoms with Crippen LogP contribution in [0.4, 0.5) is 11.6 Å². The molecule has 0 fully saturated rings. The Morgan fingerprint density at radius 2 is 1.92 bits per heavy atom. The van der Waals surface area contributed by atoms with E-state index in [4.69, 9.17) is 11.5 Å². The highest BCUT2D eigenvalue weighted by Gasteiger charge is 1.99. The molecule has 0 atom stereocenters. The monoisotopic (exact) mass is 184 g/mol. The summed E-state index contributed by atoms with van der Waals surface area (Å²) in [5.74, 6) is 1.85. The summed E-state index contributed by atoms with van der Waals surface area (Å²) in [6, 6.07) is 1.55. The molecule has 0 spiro atoms. The quantitative estimate of drug-likeness (QED) is 0.544. The van der Waals surface area contributed by atoms with Gasteiger partial charge in [0.2, 0.25) is 0 Å². The summed E-state index contributed by atoms with van der Waals surface area (Å²) < 4.78 is 0. The van der Waals surface area contributed by atoms with Gasteiger partial charge in [0.1, 0.15) is 11.6 Å². The largest absolute Gasteiger partial charge is 0.383 e. The minimum absolute atomic E-state index is 0.432. The molecule has 12 heavy (non-hydrogen) atoms. The lowest BCUT2D eigenvalue weighted by molar-refractivity contribution is 0.978. The SMILES string of the molecule is CCCSc1nc(N)cc(N)n1. The summed E-state index contributed by atoms with van der Waals surface area (Å²) in [7, 11) is 0. The summed E-state index contributed by atoms with van der Waals surface area (Å²) in [5, 5.41) is 0.661. The van der Waals surface area contributed by atoms with Crippen LogP contribution in [0.3, 0.4) is 0 Å². The zero-order valence-electron chi connectivity index (χ0n) is 6.95. The van der Waals surface area contributed by atoms with Crippen molar-refractivity contribution in [3.8, 4) is 0 Å². The molecule has 1 heterocycles. The first-order chi connectivity index (χ1) is 5.72. The van der Waals surface area contributed by atoms with E-state index >= 15 is 0 Å². The van der Waals surface area contributed by atoms with Gasteiger partial charge in [-0.05, 0) is 6.42 Å². The number of nitrogens with zero attached hydrogens (tertiary/aromatic N) is 2. The number of nitrogen functional groups attached to an aromatic ring is 2. The van der Waals surface area contributed by atoms with Crippen LogP contribution in [0.15, 0.2) is 11.2 Å². The van der Waals surface area contributed by atoms with Crippen molar-refractivity contribution in [1.82, 2.24) is 9.97 Å². The van der Waals surface area contributed by atoms with Crippen molar-refractivity contribution in [2.75, 3.05) is 17.2 Å². The van der Waals surface area contributed by atoms with Crippen LogP contribution in [-0.2, 0) is 0 Å². The van der Waals surface area contributed by atoms with E-state index < -0.39 is 0 Å². The Bertz CT molecular complexity index is 243. The first kappa shape index (κ1) is 9.12. The van der Waals surface area contributed by atoms with E-state index in [2.05, 4.69) is 16.9 Å². The number of thioether (sulfide) groups is 1. The summed E-state index contributed by atoms with van der Waals surface area (Å²) in [4.78, 5) is 8.04. The van der Waals surface area contributed by atoms with Crippen molar-refractivity contribution in [3.63, 3.8) is 0 Å². The van der Waals surface area contributed by atoms with Gasteiger partial charge in [-0.1, -0.05) is 18.7 Å². The molecule has 0 saturated carbocycles. The normalized spacial score (nSPS) is 10.1. The number of aromatic nitrogens is 2. The molecule has 1 aromatic rings. The Balaban J connectivity index is 2.72. The van der Waals surface area contributed by atoms with Crippen LogP contribution in [0.1, 0.15) is 13.3 Å². The molecule has 0 bridgehead atoms. The summed E-state index contributed by atoms with van der Waals surface area (Å²) in [6.07, 6.45) is 1.09. The van der Waals surface area contributed by atoms with Gasteiger partial charge in [0.25, 0.3) is 0 Å². The second kappa shape index (κ2) is 4.15. The number of hydrogen-bond acceptors (Lipinski definition) is 5. The first-order valence-corrected chi connectivity index (χ1v) is 4.73. The molecule has 0 aliphatic heterocycles. The summed E-state index contributed by atoms with van der Waals surface area (Å²) >= 11 is 1.57. The van der Waals surface area contributed by atoms with Crippen LogP contribution in [0.25, 0.3) is 0 Å². The lowest BCUT2D eigenvalue weighted by Gasteiger charge is -2.00. The zero-order valence-corrected chi connectivity index (χ0v) is 7.77. The summed E-state index contributed by atoms with van der Waals surface area (Å²) in [5.41, 5.74) is 11.0. The second-order valence-electron chi connectivity index (χ2n) is 2.35. The molecule has 0 saturated heterocycles. The maximum atomic E-state index is 5.49. The van der Waals surface area contributed by atoms with Crippen molar-refractivity contribution in [1.29, 1.82) is 0 Å². The highest BCUT2D eigenvalue weighted by molar-refractivity contribution is 7.99. The number of nitrogens with two attached hydrogens (primary N) is 2. The van der Waals surface area contributed by atoms with Crippen molar-refractivity contribution in [2.45, 2.75) is 18.5 Å². The fourth-order valence-corrected chi connectivity index (χ4v) is 1.45. The minimum atomic E-state index is 0.432. The molecule has 4 nitrogen and oxygen atoms in total. The minimum Gasteiger partial charge on any atom is -0.383 e. The third kappa shape index (κ3) is 2.58. The van der Waals surface area contributed by atoms with E-state index in [1.54, 1.807) is 17.8 Å². The van der Waals surface area contributed by atoms with Gasteiger partial charge < -0.3 is 11.5 Å². The van der Waals surface area contributed by atoms with Crippen LogP contribution in [0, 0.1) is 0 Å². The van der Waals surface area contributed by atoms with Gasteiger partial charge in [-0.15, -0.1) is 0 Å². The third-order valence-electron chi connectivity index (χ3n) is 1.18. The van der Waals surface area contributed by atoms with E-state index in [1.165, 1.54) is 0 Å². The molecular formula is C7H12N4S. The van der Waals surface area contributed by atoms with Gasteiger partial charge in [-0.3, -0.25) is 0 Å². The molecule has 0 aliphatic rings. The van der Waals surface area contributed by atoms with Crippen LogP contribution < -0.4 is 11.5 Å². The van der Waals surface area contributed by atoms with E-state index in [0.717, 1.165) is 12.2 Å². The van der Waals surface area contributed by atoms with Gasteiger partial charge >= 0.3 is 0 Å². The Labute approximate surface area is 75.8 Å². The van der Waals surface area contributed by atoms with Crippen LogP contribution in [0.2, 0.25) is 0 Å². The van der Waals surface area contributed by atoms with Gasteiger partial charge in [0.15, 0.2) is 5.16 Å². The lowest BCUT2D eigenvalue weighted by Crippen LogP contribution is -1.99. The Morgan fingerprint density at radius 3 is 2.42 bits per heavy atom. The Hall–Kier alpha value is -0.970. The van der Waals surface area contributed by atoms with Gasteiger partial charge in [0, 0.05) is 11.8 Å². The molecule has 0 radical (unpaired) electrons. The molecule has 0 unspecified atom stereocenters. The molecule has 5 heteroatoms. The fraction of sp³-hybridized carbons (Fsp3) is 0.429. The van der Waals surface area contributed by atoms with E-state index in [-0.39, 0.29) is 0 Å². The topological polar surface area (TPSA) is 77.8 Å². The molecule has 66 valence electrons. The van der Waals surface area contributed by atoms with Crippen molar-refractivity contribution in [3.05, 3.63) is 6.07 Å². The van der Waals surface area contributed by atoms with Gasteiger partial charge in [-0.2, -0.15) is 0 Å². The third-order valence-corrected chi connectivity index (χ3v) is 2.23. The molecule has 0 aromatic carbocycles. The van der Waals surface area contributed by atoms with Crippen molar-refractivity contribution in [2.24, 2.45) is 0 Å². The van der Waals surface area contributed by atoms with E-state index in [1.807, 2.05) is 0 Å². The highest BCUT2D eigenvalue weighted by atomic mass is 32.2. The summed E-state index contributed by atoms with van der Waals surface area (Å²) in [6.45, 7) is 2.10. The number of anilines is 2. The smallest absolute Gasteiger partial charge is 0.191 e. The molecule has 1 aromatic heterocycles.